The summed E-state index contributed by atoms with van der Waals surface area (Å²) in [7, 11) is 0. The second-order valence-electron chi connectivity index (χ2n) is 6.24. The second-order valence-corrected chi connectivity index (χ2v) is 8.16. The Morgan fingerprint density at radius 3 is 2.69 bits per heavy atom. The Bertz CT molecular complexity index is 795. The van der Waals surface area contributed by atoms with Crippen LogP contribution in [0.15, 0.2) is 53.4 Å². The van der Waals surface area contributed by atoms with Crippen molar-refractivity contribution in [2.45, 2.75) is 29.9 Å². The third-order valence-electron chi connectivity index (χ3n) is 4.28. The predicted octanol–water partition coefficient (Wildman–Crippen LogP) is 4.38. The number of hydrogen-bond acceptors (Lipinski definition) is 3. The van der Waals surface area contributed by atoms with E-state index in [1.165, 1.54) is 0 Å². The molecule has 0 aromatic heterocycles. The monoisotopic (exact) mass is 388 g/mol. The molecule has 0 bridgehead atoms. The van der Waals surface area contributed by atoms with Crippen LogP contribution in [0.2, 0.25) is 5.02 Å². The average molecular weight is 389 g/mol. The van der Waals surface area contributed by atoms with Crippen LogP contribution in [0.5, 0.6) is 0 Å². The summed E-state index contributed by atoms with van der Waals surface area (Å²) >= 11 is 7.64. The summed E-state index contributed by atoms with van der Waals surface area (Å²) in [6.07, 6.45) is 1.22. The van der Waals surface area contributed by atoms with E-state index in [9.17, 15) is 9.59 Å². The molecule has 4 nitrogen and oxygen atoms in total. The van der Waals surface area contributed by atoms with Crippen molar-refractivity contribution in [2.75, 3.05) is 18.0 Å². The number of para-hydroxylation sites is 1. The number of halogens is 1. The van der Waals surface area contributed by atoms with E-state index in [0.717, 1.165) is 17.0 Å². The Morgan fingerprint density at radius 2 is 1.92 bits per heavy atom. The van der Waals surface area contributed by atoms with Crippen LogP contribution in [0, 0.1) is 0 Å². The molecule has 0 aliphatic carbocycles. The van der Waals surface area contributed by atoms with Gasteiger partial charge in [-0.1, -0.05) is 30.7 Å². The van der Waals surface area contributed by atoms with Crippen molar-refractivity contribution in [3.8, 4) is 0 Å². The highest BCUT2D eigenvalue weighted by Crippen LogP contribution is 2.37. The van der Waals surface area contributed by atoms with E-state index in [-0.39, 0.29) is 18.2 Å². The quantitative estimate of drug-likeness (QED) is 0.845. The highest BCUT2D eigenvalue weighted by molar-refractivity contribution is 8.00. The Morgan fingerprint density at radius 1 is 1.19 bits per heavy atom. The number of fused-ring (bicyclic) bond motifs is 1. The van der Waals surface area contributed by atoms with Gasteiger partial charge in [-0.3, -0.25) is 9.59 Å². The molecule has 0 fully saturated rings. The summed E-state index contributed by atoms with van der Waals surface area (Å²) in [6.45, 7) is 3.19. The molecule has 0 spiro atoms. The lowest BCUT2D eigenvalue weighted by atomic mass is 10.2. The van der Waals surface area contributed by atoms with Gasteiger partial charge < -0.3 is 10.2 Å². The van der Waals surface area contributed by atoms with Gasteiger partial charge in [-0.2, -0.15) is 0 Å². The fraction of sp³-hybridized carbons (Fsp3) is 0.300. The molecule has 1 heterocycles. The molecule has 1 atom stereocenters. The number of amides is 2. The van der Waals surface area contributed by atoms with Gasteiger partial charge in [0, 0.05) is 40.2 Å². The highest BCUT2D eigenvalue weighted by atomic mass is 35.5. The number of carbonyl (C=O) groups excluding carboxylic acids is 2. The lowest BCUT2D eigenvalue weighted by molar-refractivity contribution is -0.118. The number of benzene rings is 2. The molecule has 1 aliphatic rings. The molecule has 1 aliphatic heterocycles. The van der Waals surface area contributed by atoms with E-state index in [2.05, 4.69) is 18.3 Å². The van der Waals surface area contributed by atoms with Gasteiger partial charge >= 0.3 is 0 Å². The fourth-order valence-electron chi connectivity index (χ4n) is 2.87. The van der Waals surface area contributed by atoms with Crippen LogP contribution in [0.1, 0.15) is 30.1 Å². The zero-order valence-corrected chi connectivity index (χ0v) is 16.1. The third kappa shape index (κ3) is 4.59. The Kier molecular flexibility index (Phi) is 6.22. The zero-order chi connectivity index (χ0) is 18.5. The molecule has 26 heavy (non-hydrogen) atoms. The first-order chi connectivity index (χ1) is 12.5. The lowest BCUT2D eigenvalue weighted by Crippen LogP contribution is -2.35. The molecular weight excluding hydrogens is 368 g/mol. The molecule has 2 aromatic rings. The predicted molar refractivity (Wildman–Crippen MR) is 107 cm³/mol. The van der Waals surface area contributed by atoms with Crippen molar-refractivity contribution in [3.63, 3.8) is 0 Å². The lowest BCUT2D eigenvalue weighted by Gasteiger charge is -2.22. The second kappa shape index (κ2) is 8.60. The van der Waals surface area contributed by atoms with E-state index in [1.807, 2.05) is 23.1 Å². The first-order valence-corrected chi connectivity index (χ1v) is 9.90. The Labute approximate surface area is 162 Å². The van der Waals surface area contributed by atoms with E-state index < -0.39 is 0 Å². The number of nitrogens with zero attached hydrogens (tertiary/aromatic N) is 1. The third-order valence-corrected chi connectivity index (χ3v) is 5.76. The van der Waals surface area contributed by atoms with Gasteiger partial charge in [0.1, 0.15) is 0 Å². The van der Waals surface area contributed by atoms with Gasteiger partial charge in [0.05, 0.1) is 5.69 Å². The minimum absolute atomic E-state index is 0.0311. The summed E-state index contributed by atoms with van der Waals surface area (Å²) in [5, 5.41) is 3.86. The van der Waals surface area contributed by atoms with Crippen molar-refractivity contribution in [3.05, 3.63) is 59.1 Å². The first kappa shape index (κ1) is 18.8. The summed E-state index contributed by atoms with van der Waals surface area (Å²) in [4.78, 5) is 27.8. The highest BCUT2D eigenvalue weighted by Gasteiger charge is 2.23. The largest absolute Gasteiger partial charge is 0.352 e. The summed E-state index contributed by atoms with van der Waals surface area (Å²) in [5.41, 5.74) is 1.50. The summed E-state index contributed by atoms with van der Waals surface area (Å²) < 4.78 is 0. The number of rotatable bonds is 4. The zero-order valence-electron chi connectivity index (χ0n) is 14.6. The number of anilines is 1. The SMILES string of the molecule is C[C@@H]1CCN(C(=O)CCNC(=O)c2ccc(Cl)cc2)c2ccccc2S1. The van der Waals surface area contributed by atoms with Crippen molar-refractivity contribution in [1.82, 2.24) is 5.32 Å². The van der Waals surface area contributed by atoms with Crippen molar-refractivity contribution in [2.24, 2.45) is 0 Å². The number of thioether (sulfide) groups is 1. The van der Waals surface area contributed by atoms with Crippen LogP contribution < -0.4 is 10.2 Å². The van der Waals surface area contributed by atoms with E-state index in [4.69, 9.17) is 11.6 Å². The molecule has 0 saturated carbocycles. The molecule has 3 rings (SSSR count). The normalized spacial score (nSPS) is 16.5. The van der Waals surface area contributed by atoms with E-state index in [1.54, 1.807) is 36.0 Å². The van der Waals surface area contributed by atoms with Crippen LogP contribution >= 0.6 is 23.4 Å². The number of nitrogens with one attached hydrogen (secondary N) is 1. The molecule has 2 aromatic carbocycles. The van der Waals surface area contributed by atoms with Gasteiger partial charge in [0.15, 0.2) is 0 Å². The Balaban J connectivity index is 1.59. The maximum absolute atomic E-state index is 12.7. The average Bonchev–Trinajstić information content (AvgIpc) is 2.80. The molecule has 0 unspecified atom stereocenters. The molecular formula is C20H21ClN2O2S. The molecule has 2 amide bonds. The van der Waals surface area contributed by atoms with Crippen molar-refractivity contribution < 1.29 is 9.59 Å². The Hall–Kier alpha value is -1.98. The smallest absolute Gasteiger partial charge is 0.251 e. The fourth-order valence-corrected chi connectivity index (χ4v) is 4.11. The van der Waals surface area contributed by atoms with Gasteiger partial charge in [0.2, 0.25) is 5.91 Å². The van der Waals surface area contributed by atoms with Crippen molar-refractivity contribution >= 4 is 40.9 Å². The van der Waals surface area contributed by atoms with E-state index in [0.29, 0.717) is 28.9 Å². The summed E-state index contributed by atoms with van der Waals surface area (Å²) in [5.74, 6) is -0.168. The first-order valence-electron chi connectivity index (χ1n) is 8.64. The minimum Gasteiger partial charge on any atom is -0.352 e. The summed E-state index contributed by atoms with van der Waals surface area (Å²) in [6, 6.07) is 14.7. The van der Waals surface area contributed by atoms with Gasteiger partial charge in [-0.05, 0) is 42.8 Å². The van der Waals surface area contributed by atoms with Crippen LogP contribution in [0.4, 0.5) is 5.69 Å². The molecule has 0 saturated heterocycles. The van der Waals surface area contributed by atoms with E-state index >= 15 is 0 Å². The number of hydrogen-bond donors (Lipinski definition) is 1. The maximum Gasteiger partial charge on any atom is 0.251 e. The maximum atomic E-state index is 12.7. The van der Waals surface area contributed by atoms with Gasteiger partial charge in [-0.15, -0.1) is 11.8 Å². The van der Waals surface area contributed by atoms with Crippen LogP contribution in [0.3, 0.4) is 0 Å². The molecule has 6 heteroatoms. The number of carbonyl (C=O) groups is 2. The van der Waals surface area contributed by atoms with Gasteiger partial charge in [0.25, 0.3) is 5.91 Å². The van der Waals surface area contributed by atoms with Crippen LogP contribution in [-0.4, -0.2) is 30.2 Å². The van der Waals surface area contributed by atoms with Gasteiger partial charge in [-0.25, -0.2) is 0 Å². The standard InChI is InChI=1S/C20H21ClN2O2S/c1-14-11-13-23(17-4-2-3-5-18(17)26-14)19(24)10-12-22-20(25)15-6-8-16(21)9-7-15/h2-9,14H,10-13H2,1H3,(H,22,25)/t14-/m1/s1. The van der Waals surface area contributed by atoms with Crippen LogP contribution in [0.25, 0.3) is 0 Å². The molecule has 136 valence electrons. The molecule has 0 radical (unpaired) electrons. The van der Waals surface area contributed by atoms with Crippen molar-refractivity contribution in [1.29, 1.82) is 0 Å². The molecule has 1 N–H and O–H groups in total. The topological polar surface area (TPSA) is 49.4 Å². The van der Waals surface area contributed by atoms with Crippen LogP contribution in [-0.2, 0) is 4.79 Å². The minimum atomic E-state index is -0.199.